The van der Waals surface area contributed by atoms with E-state index in [1.54, 1.807) is 11.8 Å². The maximum absolute atomic E-state index is 11.6. The number of unbranched alkanes of at least 4 members (excludes halogenated alkanes) is 4. The molecule has 0 saturated carbocycles. The van der Waals surface area contributed by atoms with Crippen LogP contribution in [0.15, 0.2) is 4.99 Å². The van der Waals surface area contributed by atoms with Gasteiger partial charge in [0, 0.05) is 13.1 Å². The monoisotopic (exact) mass is 324 g/mol. The van der Waals surface area contributed by atoms with Crippen LogP contribution in [0.2, 0.25) is 0 Å². The number of carboxylic acids is 1. The summed E-state index contributed by atoms with van der Waals surface area (Å²) in [6.45, 7) is 4.54. The molecule has 7 heteroatoms. The van der Waals surface area contributed by atoms with E-state index >= 15 is 0 Å². The van der Waals surface area contributed by atoms with Crippen LogP contribution in [0.1, 0.15) is 52.4 Å². The molecular weight excluding hydrogens is 295 g/mol. The Morgan fingerprint density at radius 2 is 1.91 bits per heavy atom. The van der Waals surface area contributed by atoms with Crippen molar-refractivity contribution in [2.24, 2.45) is 4.99 Å². The zero-order valence-electron chi connectivity index (χ0n) is 14.3. The molecule has 124 valence electrons. The normalized spacial score (nSPS) is 13.0. The van der Waals surface area contributed by atoms with Crippen molar-refractivity contribution in [3.05, 3.63) is 0 Å². The molecular formula is C15H29N2NaO4. The van der Waals surface area contributed by atoms with Crippen molar-refractivity contribution in [3.8, 4) is 0 Å². The summed E-state index contributed by atoms with van der Waals surface area (Å²) in [7, 11) is 0. The average molecular weight is 324 g/mol. The van der Waals surface area contributed by atoms with Crippen molar-refractivity contribution in [1.29, 1.82) is 0 Å². The molecule has 6 nitrogen and oxygen atoms in total. The van der Waals surface area contributed by atoms with Gasteiger partial charge < -0.3 is 20.3 Å². The van der Waals surface area contributed by atoms with Gasteiger partial charge in [0.1, 0.15) is 0 Å². The van der Waals surface area contributed by atoms with E-state index in [0.717, 1.165) is 19.3 Å². The van der Waals surface area contributed by atoms with Crippen LogP contribution in [-0.4, -0.2) is 59.3 Å². The molecule has 0 aliphatic rings. The third-order valence-corrected chi connectivity index (χ3v) is 3.08. The second kappa shape index (κ2) is 15.7. The second-order valence-corrected chi connectivity index (χ2v) is 5.42. The van der Waals surface area contributed by atoms with Crippen LogP contribution >= 0.6 is 0 Å². The van der Waals surface area contributed by atoms with Gasteiger partial charge in [-0.05, 0) is 25.7 Å². The largest absolute Gasteiger partial charge is 1.00 e. The number of rotatable bonds is 13. The van der Waals surface area contributed by atoms with E-state index < -0.39 is 12.1 Å². The van der Waals surface area contributed by atoms with Crippen LogP contribution in [0, 0.1) is 0 Å². The van der Waals surface area contributed by atoms with Gasteiger partial charge in [-0.2, -0.15) is 0 Å². The van der Waals surface area contributed by atoms with E-state index in [4.69, 9.17) is 5.11 Å². The van der Waals surface area contributed by atoms with Crippen molar-refractivity contribution in [3.63, 3.8) is 0 Å². The Hall–Kier alpha value is -0.140. The maximum Gasteiger partial charge on any atom is 1.00 e. The molecule has 0 aromatic rings. The maximum atomic E-state index is 11.6. The van der Waals surface area contributed by atoms with Gasteiger partial charge in [-0.15, -0.1) is 0 Å². The predicted molar refractivity (Wildman–Crippen MR) is 81.4 cm³/mol. The van der Waals surface area contributed by atoms with Crippen molar-refractivity contribution in [1.82, 2.24) is 4.90 Å². The van der Waals surface area contributed by atoms with Crippen LogP contribution in [0.3, 0.4) is 0 Å². The Morgan fingerprint density at radius 3 is 2.45 bits per heavy atom. The molecule has 0 aliphatic carbocycles. The van der Waals surface area contributed by atoms with Crippen molar-refractivity contribution in [2.45, 2.75) is 58.5 Å². The van der Waals surface area contributed by atoms with Crippen LogP contribution in [0.4, 0.5) is 0 Å². The standard InChI is InChI=1S/C15H30N2O4.Na/c1-3-4-5-6-7-8-14(19)16-9-10-17(11-13(2)18)12-15(20)21;/h13,18H,3-12H2,1-2H3,(H,16,19)(H,20,21);/q;+1/p-1. The van der Waals surface area contributed by atoms with E-state index in [9.17, 15) is 15.0 Å². The molecule has 0 aromatic heterocycles. The zero-order valence-corrected chi connectivity index (χ0v) is 16.3. The summed E-state index contributed by atoms with van der Waals surface area (Å²) in [4.78, 5) is 16.2. The number of carbonyl (C=O) groups is 1. The molecule has 0 radical (unpaired) electrons. The SMILES string of the molecule is CCCCCCCC([O-])=NCCN(CC(=O)O)CC(C)O.[Na+]. The van der Waals surface area contributed by atoms with Crippen molar-refractivity contribution < 1.29 is 49.7 Å². The number of carboxylic acid groups (broad SMARTS) is 1. The predicted octanol–water partition coefficient (Wildman–Crippen LogP) is -2.12. The summed E-state index contributed by atoms with van der Waals surface area (Å²) in [5.74, 6) is -1.06. The van der Waals surface area contributed by atoms with E-state index in [-0.39, 0.29) is 55.1 Å². The van der Waals surface area contributed by atoms with Gasteiger partial charge >= 0.3 is 35.5 Å². The molecule has 0 amide bonds. The molecule has 22 heavy (non-hydrogen) atoms. The van der Waals surface area contributed by atoms with E-state index in [2.05, 4.69) is 11.9 Å². The Morgan fingerprint density at radius 1 is 1.27 bits per heavy atom. The van der Waals surface area contributed by atoms with Crippen molar-refractivity contribution >= 4 is 11.9 Å². The minimum absolute atomic E-state index is 0. The Bertz CT molecular complexity index is 312. The topological polar surface area (TPSA) is 96.2 Å². The summed E-state index contributed by atoms with van der Waals surface area (Å²) in [6, 6.07) is 0. The van der Waals surface area contributed by atoms with Gasteiger partial charge in [0.25, 0.3) is 0 Å². The fraction of sp³-hybridized carbons (Fsp3) is 0.867. The van der Waals surface area contributed by atoms with Crippen LogP contribution in [0.25, 0.3) is 0 Å². The number of nitrogens with zero attached hydrogens (tertiary/aromatic N) is 2. The van der Waals surface area contributed by atoms with Crippen LogP contribution in [-0.2, 0) is 4.79 Å². The van der Waals surface area contributed by atoms with Crippen molar-refractivity contribution in [2.75, 3.05) is 26.2 Å². The third kappa shape index (κ3) is 16.2. The number of aliphatic imine (C=N–C) groups is 1. The van der Waals surface area contributed by atoms with E-state index in [1.165, 1.54) is 12.8 Å². The first-order chi connectivity index (χ1) is 9.95. The molecule has 0 heterocycles. The Kier molecular flexibility index (Phi) is 17.3. The molecule has 1 unspecified atom stereocenters. The van der Waals surface area contributed by atoms with Gasteiger partial charge in [0.05, 0.1) is 19.2 Å². The molecule has 2 N–H and O–H groups in total. The number of hydrogen-bond acceptors (Lipinski definition) is 5. The number of aliphatic hydroxyl groups is 1. The van der Waals surface area contributed by atoms with Gasteiger partial charge in [0.2, 0.25) is 0 Å². The summed E-state index contributed by atoms with van der Waals surface area (Å²) in [5, 5.41) is 29.6. The third-order valence-electron chi connectivity index (χ3n) is 3.08. The molecule has 0 fully saturated rings. The van der Waals surface area contributed by atoms with E-state index in [0.29, 0.717) is 13.0 Å². The zero-order chi connectivity index (χ0) is 16.1. The quantitative estimate of drug-likeness (QED) is 0.175. The first-order valence-electron chi connectivity index (χ1n) is 7.78. The minimum atomic E-state index is -0.946. The molecule has 1 atom stereocenters. The van der Waals surface area contributed by atoms with Gasteiger partial charge in [-0.1, -0.05) is 32.6 Å². The molecule has 0 rings (SSSR count). The smallest absolute Gasteiger partial charge is 0.862 e. The molecule has 0 aliphatic heterocycles. The fourth-order valence-corrected chi connectivity index (χ4v) is 2.07. The van der Waals surface area contributed by atoms with Crippen LogP contribution in [0.5, 0.6) is 0 Å². The summed E-state index contributed by atoms with van der Waals surface area (Å²) in [5.41, 5.74) is 0. The van der Waals surface area contributed by atoms with E-state index in [1.807, 2.05) is 0 Å². The summed E-state index contributed by atoms with van der Waals surface area (Å²) < 4.78 is 0. The summed E-state index contributed by atoms with van der Waals surface area (Å²) in [6.07, 6.45) is 5.34. The Balaban J connectivity index is 0. The second-order valence-electron chi connectivity index (χ2n) is 5.42. The number of aliphatic carboxylic acids is 1. The molecule has 0 saturated heterocycles. The number of hydrogen-bond donors (Lipinski definition) is 2. The van der Waals surface area contributed by atoms with Crippen LogP contribution < -0.4 is 34.7 Å². The molecule has 0 bridgehead atoms. The summed E-state index contributed by atoms with van der Waals surface area (Å²) >= 11 is 0. The van der Waals surface area contributed by atoms with Gasteiger partial charge in [0.15, 0.2) is 0 Å². The first-order valence-corrected chi connectivity index (χ1v) is 7.78. The van der Waals surface area contributed by atoms with Gasteiger partial charge in [-0.3, -0.25) is 9.69 Å². The minimum Gasteiger partial charge on any atom is -0.862 e. The fourth-order valence-electron chi connectivity index (χ4n) is 2.07. The first kappa shape index (κ1) is 24.1. The number of aliphatic hydroxyl groups excluding tert-OH is 1. The Labute approximate surface area is 155 Å². The average Bonchev–Trinajstić information content (AvgIpc) is 2.37. The van der Waals surface area contributed by atoms with Gasteiger partial charge in [-0.25, -0.2) is 0 Å². The molecule has 0 aromatic carbocycles. The molecule has 0 spiro atoms.